The van der Waals surface area contributed by atoms with Crippen LogP contribution in [0.1, 0.15) is 64.8 Å². The highest BCUT2D eigenvalue weighted by molar-refractivity contribution is 7.13. The predicted octanol–water partition coefficient (Wildman–Crippen LogP) is 6.81. The summed E-state index contributed by atoms with van der Waals surface area (Å²) < 4.78 is 0. The van der Waals surface area contributed by atoms with Gasteiger partial charge in [0.25, 0.3) is 0 Å². The molecule has 6 rings (SSSR count). The highest BCUT2D eigenvalue weighted by atomic mass is 32.1. The van der Waals surface area contributed by atoms with Crippen molar-refractivity contribution in [2.45, 2.75) is 97.6 Å². The van der Waals surface area contributed by atoms with Gasteiger partial charge in [-0.3, -0.25) is 19.6 Å². The number of urea groups is 1. The molecule has 0 unspecified atom stereocenters. The summed E-state index contributed by atoms with van der Waals surface area (Å²) in [6.45, 7) is 12.1. The number of hydrogen-bond acceptors (Lipinski definition) is 9. The van der Waals surface area contributed by atoms with E-state index in [9.17, 15) is 29.4 Å². The Morgan fingerprint density at radius 3 is 2.13 bits per heavy atom. The maximum absolute atomic E-state index is 14.7. The van der Waals surface area contributed by atoms with Gasteiger partial charge in [-0.2, -0.15) is 0 Å². The van der Waals surface area contributed by atoms with Crippen LogP contribution < -0.4 is 16.0 Å². The number of aliphatic hydroxyl groups excluding tert-OH is 1. The molecular formula is C48H58N8O6S. The molecule has 1 saturated heterocycles. The third-order valence-electron chi connectivity index (χ3n) is 11.1. The fourth-order valence-corrected chi connectivity index (χ4v) is 8.76. The average molecular weight is 875 g/mol. The molecule has 1 fully saturated rings. The highest BCUT2D eigenvalue weighted by Crippen LogP contribution is 2.30. The number of nitrogens with zero attached hydrogens (tertiary/aromatic N) is 5. The van der Waals surface area contributed by atoms with Gasteiger partial charge in [0, 0.05) is 54.2 Å². The van der Waals surface area contributed by atoms with Gasteiger partial charge >= 0.3 is 12.1 Å². The zero-order valence-corrected chi connectivity index (χ0v) is 37.5. The molecule has 0 saturated carbocycles. The second-order valence-electron chi connectivity index (χ2n) is 18.2. The van der Waals surface area contributed by atoms with E-state index in [-0.39, 0.29) is 24.8 Å². The number of nitrogens with one attached hydrogen (secondary N) is 3. The Kier molecular flexibility index (Phi) is 14.9. The van der Waals surface area contributed by atoms with Crippen LogP contribution >= 0.6 is 11.3 Å². The van der Waals surface area contributed by atoms with Crippen LogP contribution in [0.2, 0.25) is 0 Å². The Morgan fingerprint density at radius 2 is 1.49 bits per heavy atom. The number of carbonyl (C=O) groups excluding carboxylic acids is 3. The van der Waals surface area contributed by atoms with Crippen molar-refractivity contribution in [3.63, 3.8) is 0 Å². The number of amides is 5. The van der Waals surface area contributed by atoms with Gasteiger partial charge < -0.3 is 36.0 Å². The fraction of sp³-hybridized carbons (Fsp3) is 0.396. The molecule has 2 aromatic carbocycles. The van der Waals surface area contributed by atoms with E-state index in [0.717, 1.165) is 38.6 Å². The van der Waals surface area contributed by atoms with Gasteiger partial charge in [0.15, 0.2) is 0 Å². The minimum Gasteiger partial charge on any atom is -0.465 e. The van der Waals surface area contributed by atoms with Crippen molar-refractivity contribution < 1.29 is 29.4 Å². The maximum Gasteiger partial charge on any atom is 0.405 e. The van der Waals surface area contributed by atoms with Crippen molar-refractivity contribution in [3.05, 3.63) is 126 Å². The summed E-state index contributed by atoms with van der Waals surface area (Å²) in [4.78, 5) is 71.2. The molecule has 5 amide bonds. The van der Waals surface area contributed by atoms with Crippen LogP contribution in [0, 0.1) is 10.8 Å². The number of thiazole rings is 1. The Morgan fingerprint density at radius 1 is 0.778 bits per heavy atom. The first-order valence-electron chi connectivity index (χ1n) is 21.2. The minimum atomic E-state index is -1.34. The summed E-state index contributed by atoms with van der Waals surface area (Å²) in [7, 11) is 0. The lowest BCUT2D eigenvalue weighted by Gasteiger charge is -2.38. The summed E-state index contributed by atoms with van der Waals surface area (Å²) in [6.07, 6.45) is 3.23. The standard InChI is InChI=1S/C48H58N8O6S/c1-47(2,3)40(54-45(60)61)42(58)53-38(26-32-17-19-33(20-18-32)37-16-10-11-22-50-37)39(57)27-35(25-31-13-8-7-9-14-31)51-43(59)41(48(4,5)6)56-24-23-55(46(56)62)29-36-30-63-44(52-36)34-15-12-21-49-28-34/h7-22,28,30,35,38-41,54,57H,23-27,29H2,1-6H3,(H,51,59)(H,53,58)(H,60,61)/t35-,38-,39-,40+,41+/m0/s1. The Balaban J connectivity index is 1.23. The Bertz CT molecular complexity index is 2300. The van der Waals surface area contributed by atoms with E-state index in [1.807, 2.05) is 111 Å². The van der Waals surface area contributed by atoms with Gasteiger partial charge in [-0.05, 0) is 65.5 Å². The van der Waals surface area contributed by atoms with Crippen LogP contribution in [0.25, 0.3) is 21.8 Å². The van der Waals surface area contributed by atoms with Crippen LogP contribution in [0.3, 0.4) is 0 Å². The van der Waals surface area contributed by atoms with Crippen molar-refractivity contribution in [1.82, 2.24) is 40.7 Å². The number of carbonyl (C=O) groups is 4. The quantitative estimate of drug-likeness (QED) is 0.0669. The summed E-state index contributed by atoms with van der Waals surface area (Å²) >= 11 is 1.49. The van der Waals surface area contributed by atoms with Crippen LogP contribution in [0.5, 0.6) is 0 Å². The van der Waals surface area contributed by atoms with E-state index in [1.54, 1.807) is 49.2 Å². The van der Waals surface area contributed by atoms with Crippen molar-refractivity contribution in [3.8, 4) is 21.8 Å². The molecule has 0 spiro atoms. The first-order chi connectivity index (χ1) is 30.0. The number of aromatic nitrogens is 3. The van der Waals surface area contributed by atoms with E-state index < -0.39 is 53.1 Å². The second kappa shape index (κ2) is 20.3. The van der Waals surface area contributed by atoms with Gasteiger partial charge in [0.2, 0.25) is 11.8 Å². The van der Waals surface area contributed by atoms with E-state index in [0.29, 0.717) is 26.1 Å². The second-order valence-corrected chi connectivity index (χ2v) is 19.1. The first kappa shape index (κ1) is 46.3. The smallest absolute Gasteiger partial charge is 0.405 e. The molecule has 5 N–H and O–H groups in total. The first-order valence-corrected chi connectivity index (χ1v) is 22.1. The summed E-state index contributed by atoms with van der Waals surface area (Å²) in [6, 6.07) is 23.0. The van der Waals surface area contributed by atoms with Gasteiger partial charge in [-0.15, -0.1) is 11.3 Å². The summed E-state index contributed by atoms with van der Waals surface area (Å²) in [5.41, 5.74) is 3.62. The van der Waals surface area contributed by atoms with Crippen molar-refractivity contribution in [2.24, 2.45) is 10.8 Å². The average Bonchev–Trinajstić information content (AvgIpc) is 3.86. The lowest BCUT2D eigenvalue weighted by Crippen LogP contribution is -2.59. The molecule has 0 bridgehead atoms. The third-order valence-corrected chi connectivity index (χ3v) is 12.0. The fourth-order valence-electron chi connectivity index (χ4n) is 7.96. The molecule has 5 aromatic rings. The van der Waals surface area contributed by atoms with Crippen molar-refractivity contribution in [1.29, 1.82) is 0 Å². The number of hydrogen-bond donors (Lipinski definition) is 5. The molecular weight excluding hydrogens is 817 g/mol. The Labute approximate surface area is 373 Å². The van der Waals surface area contributed by atoms with Crippen LogP contribution in [0.15, 0.2) is 109 Å². The largest absolute Gasteiger partial charge is 0.465 e. The van der Waals surface area contributed by atoms with E-state index >= 15 is 0 Å². The molecule has 4 heterocycles. The number of pyridine rings is 2. The van der Waals surface area contributed by atoms with Gasteiger partial charge in [-0.1, -0.05) is 102 Å². The molecule has 3 aromatic heterocycles. The number of aliphatic hydroxyl groups is 1. The molecule has 0 aliphatic carbocycles. The van der Waals surface area contributed by atoms with Crippen LogP contribution in [-0.4, -0.2) is 102 Å². The highest BCUT2D eigenvalue weighted by Gasteiger charge is 2.44. The molecule has 14 nitrogen and oxygen atoms in total. The van der Waals surface area contributed by atoms with Crippen molar-refractivity contribution in [2.75, 3.05) is 13.1 Å². The van der Waals surface area contributed by atoms with E-state index in [2.05, 4.69) is 25.9 Å². The summed E-state index contributed by atoms with van der Waals surface area (Å²) in [5, 5.41) is 33.1. The molecule has 15 heteroatoms. The predicted molar refractivity (Wildman–Crippen MR) is 244 cm³/mol. The molecule has 63 heavy (non-hydrogen) atoms. The van der Waals surface area contributed by atoms with Gasteiger partial charge in [0.1, 0.15) is 17.1 Å². The topological polar surface area (TPSA) is 190 Å². The zero-order chi connectivity index (χ0) is 45.3. The normalized spacial score (nSPS) is 15.6. The molecule has 332 valence electrons. The lowest BCUT2D eigenvalue weighted by atomic mass is 9.84. The van der Waals surface area contributed by atoms with Gasteiger partial charge in [0.05, 0.1) is 30.1 Å². The minimum absolute atomic E-state index is 0.0319. The zero-order valence-electron chi connectivity index (χ0n) is 36.7. The summed E-state index contributed by atoms with van der Waals surface area (Å²) in [5.74, 6) is -0.943. The van der Waals surface area contributed by atoms with E-state index in [1.165, 1.54) is 11.3 Å². The van der Waals surface area contributed by atoms with Crippen LogP contribution in [0.4, 0.5) is 9.59 Å². The molecule has 1 aliphatic heterocycles. The monoisotopic (exact) mass is 874 g/mol. The molecule has 0 radical (unpaired) electrons. The molecule has 5 atom stereocenters. The van der Waals surface area contributed by atoms with Crippen LogP contribution in [-0.2, 0) is 29.0 Å². The molecule has 1 aliphatic rings. The number of benzene rings is 2. The number of rotatable bonds is 17. The van der Waals surface area contributed by atoms with Gasteiger partial charge in [-0.25, -0.2) is 14.6 Å². The van der Waals surface area contributed by atoms with Crippen molar-refractivity contribution >= 4 is 35.3 Å². The maximum atomic E-state index is 14.7. The number of carboxylic acid groups (broad SMARTS) is 1. The third kappa shape index (κ3) is 12.5. The Hall–Kier alpha value is -6.19. The SMILES string of the molecule is CC(C)(C)[C@H](NC(=O)O)C(=O)N[C@@H](Cc1ccc(-c2ccccn2)cc1)[C@@H](O)C[C@H](Cc1ccccc1)NC(=O)[C@@H](N1CCN(Cc2csc(-c3cccnc3)n2)C1=O)C(C)(C)C. The van der Waals surface area contributed by atoms with E-state index in [4.69, 9.17) is 4.98 Å². The lowest BCUT2D eigenvalue weighted by molar-refractivity contribution is -0.130.